The first-order valence-corrected chi connectivity index (χ1v) is 6.01. The number of carboxylic acids is 1. The van der Waals surface area contributed by atoms with E-state index in [0.717, 1.165) is 0 Å². The molecule has 1 atom stereocenters. The molecule has 1 aromatic rings. The van der Waals surface area contributed by atoms with Crippen LogP contribution in [-0.4, -0.2) is 24.9 Å². The molecule has 1 unspecified atom stereocenters. The van der Waals surface area contributed by atoms with E-state index in [2.05, 4.69) is 0 Å². The number of benzene rings is 1. The molecule has 0 amide bonds. The van der Waals surface area contributed by atoms with E-state index < -0.39 is 37.8 Å². The Morgan fingerprint density at radius 2 is 1.67 bits per heavy atom. The molecule has 1 rings (SSSR count). The van der Waals surface area contributed by atoms with Crippen molar-refractivity contribution in [2.24, 2.45) is 5.73 Å². The molecule has 0 aliphatic carbocycles. The van der Waals surface area contributed by atoms with E-state index in [1.165, 1.54) is 0 Å². The summed E-state index contributed by atoms with van der Waals surface area (Å²) in [7, 11) is -4.39. The second-order valence-electron chi connectivity index (χ2n) is 3.33. The minimum atomic E-state index is -4.60. The van der Waals surface area contributed by atoms with Gasteiger partial charge in [-0.05, 0) is 24.3 Å². The van der Waals surface area contributed by atoms with Gasteiger partial charge in [0.2, 0.25) is 15.2 Å². The number of alkyl halides is 3. The number of carboxylic acid groups (broad SMARTS) is 1. The molecular formula is C9H8F3NO4S. The van der Waals surface area contributed by atoms with Crippen LogP contribution in [0, 0.1) is 0 Å². The summed E-state index contributed by atoms with van der Waals surface area (Å²) in [5, 5.41) is 6.26. The molecule has 0 saturated heterocycles. The maximum absolute atomic E-state index is 12.2. The Labute approximate surface area is 99.9 Å². The van der Waals surface area contributed by atoms with Crippen LogP contribution in [0.4, 0.5) is 13.2 Å². The third kappa shape index (κ3) is 2.79. The molecule has 18 heavy (non-hydrogen) atoms. The Hall–Kier alpha value is -1.61. The fourth-order valence-corrected chi connectivity index (χ4v) is 2.19. The number of hydrogen-bond acceptors (Lipinski definition) is 4. The van der Waals surface area contributed by atoms with Crippen LogP contribution in [0.25, 0.3) is 0 Å². The average molecular weight is 283 g/mol. The van der Waals surface area contributed by atoms with Crippen LogP contribution in [0.3, 0.4) is 0 Å². The van der Waals surface area contributed by atoms with E-state index in [-0.39, 0.29) is 0 Å². The summed E-state index contributed by atoms with van der Waals surface area (Å²) in [6, 6.07) is 2.42. The molecule has 0 saturated carbocycles. The first-order valence-electron chi connectivity index (χ1n) is 4.46. The highest BCUT2D eigenvalue weighted by molar-refractivity contribution is 7.92. The Morgan fingerprint density at radius 1 is 1.22 bits per heavy atom. The van der Waals surface area contributed by atoms with Gasteiger partial charge in [0.25, 0.3) is 0 Å². The van der Waals surface area contributed by atoms with E-state index in [4.69, 9.17) is 10.8 Å². The highest BCUT2D eigenvalue weighted by atomic mass is 32.2. The summed E-state index contributed by atoms with van der Waals surface area (Å²) in [4.78, 5) is 9.88. The smallest absolute Gasteiger partial charge is 0.416 e. The van der Waals surface area contributed by atoms with Crippen molar-refractivity contribution in [2.75, 3.05) is 0 Å². The molecule has 0 spiro atoms. The normalized spacial score (nSPS) is 14.2. The molecule has 0 heterocycles. The van der Waals surface area contributed by atoms with Gasteiger partial charge in [-0.25, -0.2) is 13.2 Å². The standard InChI is InChI=1S/C9H8F3NO4S/c10-9(11,12)5-1-3-6(4-2-5)18(16,17)7(13)8(14)15/h1-4,7H,13H2,(H,14,15). The highest BCUT2D eigenvalue weighted by Gasteiger charge is 2.33. The Balaban J connectivity index is 3.17. The maximum atomic E-state index is 12.2. The van der Waals surface area contributed by atoms with Crippen molar-refractivity contribution in [3.05, 3.63) is 29.8 Å². The Kier molecular flexibility index (Phi) is 3.67. The summed E-state index contributed by atoms with van der Waals surface area (Å²) in [6.45, 7) is 0. The van der Waals surface area contributed by atoms with Gasteiger partial charge >= 0.3 is 12.1 Å². The number of carbonyl (C=O) groups is 1. The Morgan fingerprint density at radius 3 is 2.00 bits per heavy atom. The van der Waals surface area contributed by atoms with E-state index in [0.29, 0.717) is 24.3 Å². The molecule has 0 fully saturated rings. The number of aliphatic carboxylic acids is 1. The van der Waals surface area contributed by atoms with E-state index in [9.17, 15) is 26.4 Å². The lowest BCUT2D eigenvalue weighted by atomic mass is 10.2. The van der Waals surface area contributed by atoms with Gasteiger partial charge in [-0.3, -0.25) is 0 Å². The van der Waals surface area contributed by atoms with Gasteiger partial charge in [0, 0.05) is 0 Å². The zero-order chi connectivity index (χ0) is 14.1. The van der Waals surface area contributed by atoms with Crippen LogP contribution in [-0.2, 0) is 20.8 Å². The van der Waals surface area contributed by atoms with E-state index in [1.54, 1.807) is 0 Å². The van der Waals surface area contributed by atoms with E-state index >= 15 is 0 Å². The fraction of sp³-hybridized carbons (Fsp3) is 0.222. The molecule has 9 heteroatoms. The van der Waals surface area contributed by atoms with Crippen LogP contribution < -0.4 is 5.73 Å². The predicted octanol–water partition coefficient (Wildman–Crippen LogP) is 0.849. The topological polar surface area (TPSA) is 97.5 Å². The lowest BCUT2D eigenvalue weighted by Gasteiger charge is -2.10. The van der Waals surface area contributed by atoms with Gasteiger partial charge in [-0.2, -0.15) is 13.2 Å². The molecule has 5 nitrogen and oxygen atoms in total. The van der Waals surface area contributed by atoms with Gasteiger partial charge in [0.15, 0.2) is 0 Å². The lowest BCUT2D eigenvalue weighted by Crippen LogP contribution is -2.38. The second kappa shape index (κ2) is 4.58. The fourth-order valence-electron chi connectivity index (χ4n) is 1.11. The molecule has 0 aromatic heterocycles. The molecule has 3 N–H and O–H groups in total. The average Bonchev–Trinajstić information content (AvgIpc) is 2.26. The van der Waals surface area contributed by atoms with E-state index in [1.807, 2.05) is 0 Å². The molecule has 0 aliphatic heterocycles. The summed E-state index contributed by atoms with van der Waals surface area (Å²) >= 11 is 0. The van der Waals surface area contributed by atoms with Gasteiger partial charge in [0.05, 0.1) is 10.5 Å². The first-order chi connectivity index (χ1) is 8.06. The third-order valence-corrected chi connectivity index (χ3v) is 3.89. The van der Waals surface area contributed by atoms with Crippen molar-refractivity contribution < 1.29 is 31.5 Å². The SMILES string of the molecule is NC(C(=O)O)S(=O)(=O)c1ccc(C(F)(F)F)cc1. The third-order valence-electron chi connectivity index (χ3n) is 2.09. The summed E-state index contributed by atoms with van der Waals surface area (Å²) < 4.78 is 59.8. The minimum absolute atomic E-state index is 0.543. The lowest BCUT2D eigenvalue weighted by molar-refractivity contribution is -0.138. The van der Waals surface area contributed by atoms with Crippen molar-refractivity contribution in [1.82, 2.24) is 0 Å². The summed E-state index contributed by atoms with van der Waals surface area (Å²) in [5.74, 6) is -1.78. The second-order valence-corrected chi connectivity index (χ2v) is 5.40. The molecule has 1 aromatic carbocycles. The van der Waals surface area contributed by atoms with Crippen LogP contribution in [0.2, 0.25) is 0 Å². The molecule has 0 bridgehead atoms. The van der Waals surface area contributed by atoms with Crippen molar-refractivity contribution in [3.8, 4) is 0 Å². The molecule has 100 valence electrons. The number of nitrogens with two attached hydrogens (primary N) is 1. The quantitative estimate of drug-likeness (QED) is 0.857. The number of halogens is 3. The largest absolute Gasteiger partial charge is 0.479 e. The predicted molar refractivity (Wildman–Crippen MR) is 54.2 cm³/mol. The molecule has 0 aliphatic rings. The Bertz CT molecular complexity index is 550. The zero-order valence-electron chi connectivity index (χ0n) is 8.68. The van der Waals surface area contributed by atoms with Crippen molar-refractivity contribution >= 4 is 15.8 Å². The summed E-state index contributed by atoms with van der Waals surface area (Å²) in [5.41, 5.74) is 3.90. The molecular weight excluding hydrogens is 275 g/mol. The maximum Gasteiger partial charge on any atom is 0.416 e. The van der Waals surface area contributed by atoms with Gasteiger partial charge in [0.1, 0.15) is 0 Å². The monoisotopic (exact) mass is 283 g/mol. The van der Waals surface area contributed by atoms with Crippen molar-refractivity contribution in [2.45, 2.75) is 16.4 Å². The highest BCUT2D eigenvalue weighted by Crippen LogP contribution is 2.30. The van der Waals surface area contributed by atoms with Crippen LogP contribution >= 0.6 is 0 Å². The van der Waals surface area contributed by atoms with Crippen molar-refractivity contribution in [1.29, 1.82) is 0 Å². The van der Waals surface area contributed by atoms with Crippen molar-refractivity contribution in [3.63, 3.8) is 0 Å². The first kappa shape index (κ1) is 14.5. The van der Waals surface area contributed by atoms with Gasteiger partial charge in [-0.1, -0.05) is 0 Å². The number of sulfone groups is 1. The number of hydrogen-bond donors (Lipinski definition) is 2. The van der Waals surface area contributed by atoms with Crippen LogP contribution in [0.1, 0.15) is 5.56 Å². The van der Waals surface area contributed by atoms with Crippen LogP contribution in [0.15, 0.2) is 29.2 Å². The minimum Gasteiger partial charge on any atom is -0.479 e. The van der Waals surface area contributed by atoms with Gasteiger partial charge < -0.3 is 10.8 Å². The molecule has 0 radical (unpaired) electrons. The van der Waals surface area contributed by atoms with Gasteiger partial charge in [-0.15, -0.1) is 0 Å². The van der Waals surface area contributed by atoms with Crippen LogP contribution in [0.5, 0.6) is 0 Å². The number of rotatable bonds is 3. The zero-order valence-corrected chi connectivity index (χ0v) is 9.49. The summed E-state index contributed by atoms with van der Waals surface area (Å²) in [6.07, 6.45) is -4.60.